The van der Waals surface area contributed by atoms with Gasteiger partial charge in [-0.1, -0.05) is 30.3 Å². The van der Waals surface area contributed by atoms with Gasteiger partial charge in [-0.2, -0.15) is 0 Å². The van der Waals surface area contributed by atoms with Gasteiger partial charge in [-0.3, -0.25) is 0 Å². The number of ether oxygens (including phenoxy) is 1. The zero-order chi connectivity index (χ0) is 11.3. The molecule has 0 bridgehead atoms. The SMILES string of the molecule is CCOC(=O)C(F)[C@@H](N)c1ccccc1. The van der Waals surface area contributed by atoms with Gasteiger partial charge in [0.15, 0.2) is 0 Å². The molecular weight excluding hydrogens is 197 g/mol. The standard InChI is InChI=1S/C11H14FNO2/c1-2-15-11(14)9(12)10(13)8-6-4-3-5-7-8/h3-7,9-10H,2,13H2,1H3/t9?,10-/m0/s1. The highest BCUT2D eigenvalue weighted by molar-refractivity contribution is 5.75. The average molecular weight is 211 g/mol. The lowest BCUT2D eigenvalue weighted by molar-refractivity contribution is -0.149. The van der Waals surface area contributed by atoms with E-state index in [0.717, 1.165) is 0 Å². The number of hydrogen-bond acceptors (Lipinski definition) is 3. The first-order chi connectivity index (χ1) is 7.16. The average Bonchev–Trinajstić information content (AvgIpc) is 2.28. The van der Waals surface area contributed by atoms with Crippen LogP contribution >= 0.6 is 0 Å². The molecule has 0 saturated carbocycles. The molecule has 1 unspecified atom stereocenters. The number of carbonyl (C=O) groups excluding carboxylic acids is 1. The van der Waals surface area contributed by atoms with Crippen LogP contribution in [0.15, 0.2) is 30.3 Å². The first kappa shape index (κ1) is 11.7. The summed E-state index contributed by atoms with van der Waals surface area (Å²) in [4.78, 5) is 11.1. The number of nitrogens with two attached hydrogens (primary N) is 1. The van der Waals surface area contributed by atoms with E-state index in [4.69, 9.17) is 5.73 Å². The highest BCUT2D eigenvalue weighted by Crippen LogP contribution is 2.17. The predicted molar refractivity (Wildman–Crippen MR) is 54.9 cm³/mol. The third kappa shape index (κ3) is 3.02. The van der Waals surface area contributed by atoms with Crippen LogP contribution in [0.2, 0.25) is 0 Å². The maximum Gasteiger partial charge on any atom is 0.342 e. The van der Waals surface area contributed by atoms with Crippen molar-refractivity contribution in [3.8, 4) is 0 Å². The van der Waals surface area contributed by atoms with Crippen LogP contribution in [0.5, 0.6) is 0 Å². The molecule has 0 heterocycles. The first-order valence-electron chi connectivity index (χ1n) is 4.78. The zero-order valence-electron chi connectivity index (χ0n) is 8.52. The van der Waals surface area contributed by atoms with E-state index >= 15 is 0 Å². The van der Waals surface area contributed by atoms with Gasteiger partial charge in [-0.15, -0.1) is 0 Å². The van der Waals surface area contributed by atoms with Crippen LogP contribution in [-0.4, -0.2) is 18.7 Å². The van der Waals surface area contributed by atoms with Crippen molar-refractivity contribution < 1.29 is 13.9 Å². The van der Waals surface area contributed by atoms with Crippen LogP contribution in [0.25, 0.3) is 0 Å². The highest BCUT2D eigenvalue weighted by Gasteiger charge is 2.27. The van der Waals surface area contributed by atoms with Gasteiger partial charge in [0.05, 0.1) is 12.6 Å². The molecule has 1 aromatic carbocycles. The minimum absolute atomic E-state index is 0.154. The summed E-state index contributed by atoms with van der Waals surface area (Å²) in [6, 6.07) is 7.67. The minimum Gasteiger partial charge on any atom is -0.464 e. The molecule has 1 rings (SSSR count). The topological polar surface area (TPSA) is 52.3 Å². The summed E-state index contributed by atoms with van der Waals surface area (Å²) < 4.78 is 18.0. The fourth-order valence-electron chi connectivity index (χ4n) is 1.21. The molecule has 0 aliphatic carbocycles. The molecule has 0 amide bonds. The molecule has 0 radical (unpaired) electrons. The molecule has 15 heavy (non-hydrogen) atoms. The second kappa shape index (κ2) is 5.46. The van der Waals surface area contributed by atoms with E-state index in [1.54, 1.807) is 37.3 Å². The van der Waals surface area contributed by atoms with E-state index in [2.05, 4.69) is 4.74 Å². The van der Waals surface area contributed by atoms with Gasteiger partial charge < -0.3 is 10.5 Å². The maximum absolute atomic E-state index is 13.5. The van der Waals surface area contributed by atoms with E-state index < -0.39 is 18.2 Å². The molecule has 0 aliphatic heterocycles. The first-order valence-corrected chi connectivity index (χ1v) is 4.78. The second-order valence-corrected chi connectivity index (χ2v) is 3.09. The molecule has 0 saturated heterocycles. The van der Waals surface area contributed by atoms with Crippen LogP contribution in [0, 0.1) is 0 Å². The summed E-state index contributed by atoms with van der Waals surface area (Å²) in [7, 11) is 0. The van der Waals surface area contributed by atoms with Crippen molar-refractivity contribution in [1.29, 1.82) is 0 Å². The van der Waals surface area contributed by atoms with Crippen LogP contribution in [0.4, 0.5) is 4.39 Å². The number of hydrogen-bond donors (Lipinski definition) is 1. The Hall–Kier alpha value is -1.42. The molecule has 0 aromatic heterocycles. The molecule has 1 aromatic rings. The Balaban J connectivity index is 2.68. The van der Waals surface area contributed by atoms with Crippen molar-refractivity contribution in [2.45, 2.75) is 19.1 Å². The predicted octanol–water partition coefficient (Wildman–Crippen LogP) is 1.59. The van der Waals surface area contributed by atoms with Crippen molar-refractivity contribution in [3.05, 3.63) is 35.9 Å². The van der Waals surface area contributed by atoms with E-state index in [-0.39, 0.29) is 6.61 Å². The van der Waals surface area contributed by atoms with Gasteiger partial charge in [0, 0.05) is 0 Å². The van der Waals surface area contributed by atoms with E-state index in [9.17, 15) is 9.18 Å². The minimum atomic E-state index is -1.81. The zero-order valence-corrected chi connectivity index (χ0v) is 8.52. The molecule has 3 nitrogen and oxygen atoms in total. The molecule has 2 N–H and O–H groups in total. The van der Waals surface area contributed by atoms with E-state index in [1.165, 1.54) is 0 Å². The molecule has 0 aliphatic rings. The number of benzene rings is 1. The second-order valence-electron chi connectivity index (χ2n) is 3.09. The Bertz CT molecular complexity index is 316. The Labute approximate surface area is 88.0 Å². The number of esters is 1. The summed E-state index contributed by atoms with van der Waals surface area (Å²) in [6.07, 6.45) is -1.81. The summed E-state index contributed by atoms with van der Waals surface area (Å²) in [5.74, 6) is -0.908. The third-order valence-electron chi connectivity index (χ3n) is 2.01. The van der Waals surface area contributed by atoms with Gasteiger partial charge in [0.2, 0.25) is 6.17 Å². The number of carbonyl (C=O) groups is 1. The van der Waals surface area contributed by atoms with Crippen LogP contribution in [0.3, 0.4) is 0 Å². The molecule has 0 spiro atoms. The Morgan fingerprint density at radius 3 is 2.60 bits per heavy atom. The van der Waals surface area contributed by atoms with Crippen molar-refractivity contribution in [3.63, 3.8) is 0 Å². The van der Waals surface area contributed by atoms with Gasteiger partial charge in [0.1, 0.15) is 0 Å². The molecular formula is C11H14FNO2. The smallest absolute Gasteiger partial charge is 0.342 e. The Kier molecular flexibility index (Phi) is 4.24. The summed E-state index contributed by atoms with van der Waals surface area (Å²) in [6.45, 7) is 1.78. The van der Waals surface area contributed by atoms with Crippen molar-refractivity contribution in [2.24, 2.45) is 5.73 Å². The highest BCUT2D eigenvalue weighted by atomic mass is 19.1. The summed E-state index contributed by atoms with van der Waals surface area (Å²) >= 11 is 0. The van der Waals surface area contributed by atoms with Crippen molar-refractivity contribution in [1.82, 2.24) is 0 Å². The van der Waals surface area contributed by atoms with Crippen LogP contribution < -0.4 is 5.73 Å². The van der Waals surface area contributed by atoms with Gasteiger partial charge in [-0.05, 0) is 12.5 Å². The fraction of sp³-hybridized carbons (Fsp3) is 0.364. The molecule has 82 valence electrons. The lowest BCUT2D eigenvalue weighted by atomic mass is 10.0. The maximum atomic E-state index is 13.5. The van der Waals surface area contributed by atoms with Crippen molar-refractivity contribution >= 4 is 5.97 Å². The van der Waals surface area contributed by atoms with E-state index in [0.29, 0.717) is 5.56 Å². The van der Waals surface area contributed by atoms with E-state index in [1.807, 2.05) is 0 Å². The number of halogens is 1. The Morgan fingerprint density at radius 2 is 2.07 bits per heavy atom. The number of rotatable bonds is 4. The third-order valence-corrected chi connectivity index (χ3v) is 2.01. The van der Waals surface area contributed by atoms with Crippen molar-refractivity contribution in [2.75, 3.05) is 6.61 Å². The fourth-order valence-corrected chi connectivity index (χ4v) is 1.21. The lowest BCUT2D eigenvalue weighted by Gasteiger charge is -2.15. The van der Waals surface area contributed by atoms with Gasteiger partial charge in [-0.25, -0.2) is 9.18 Å². The normalized spacial score (nSPS) is 14.3. The molecule has 4 heteroatoms. The molecule has 2 atom stereocenters. The van der Waals surface area contributed by atoms with Gasteiger partial charge >= 0.3 is 5.97 Å². The summed E-state index contributed by atoms with van der Waals surface area (Å²) in [5.41, 5.74) is 6.18. The van der Waals surface area contributed by atoms with Gasteiger partial charge in [0.25, 0.3) is 0 Å². The summed E-state index contributed by atoms with van der Waals surface area (Å²) in [5, 5.41) is 0. The monoisotopic (exact) mass is 211 g/mol. The number of alkyl halides is 1. The largest absolute Gasteiger partial charge is 0.464 e. The molecule has 0 fully saturated rings. The van der Waals surface area contributed by atoms with Crippen LogP contribution in [-0.2, 0) is 9.53 Å². The lowest BCUT2D eigenvalue weighted by Crippen LogP contribution is -2.31. The quantitative estimate of drug-likeness (QED) is 0.769. The Morgan fingerprint density at radius 1 is 1.47 bits per heavy atom. The van der Waals surface area contributed by atoms with Crippen LogP contribution in [0.1, 0.15) is 18.5 Å².